The zero-order valence-electron chi connectivity index (χ0n) is 71.0. The summed E-state index contributed by atoms with van der Waals surface area (Å²) >= 11 is 0. The van der Waals surface area contributed by atoms with Gasteiger partial charge in [0.1, 0.15) is 19.3 Å². The zero-order valence-corrected chi connectivity index (χ0v) is 72.8. The highest BCUT2D eigenvalue weighted by atomic mass is 31.2. The maximum atomic E-state index is 13.2. The van der Waals surface area contributed by atoms with Gasteiger partial charge in [0.2, 0.25) is 0 Å². The first kappa shape index (κ1) is 106. The first-order valence-corrected chi connectivity index (χ1v) is 49.1. The molecule has 0 saturated carbocycles. The van der Waals surface area contributed by atoms with Crippen LogP contribution >= 0.6 is 15.6 Å². The molecule has 0 fully saturated rings. The van der Waals surface area contributed by atoms with E-state index in [9.17, 15) is 43.2 Å². The van der Waals surface area contributed by atoms with E-state index in [1.54, 1.807) is 0 Å². The highest BCUT2D eigenvalue weighted by molar-refractivity contribution is 7.47. The molecule has 17 nitrogen and oxygen atoms in total. The van der Waals surface area contributed by atoms with Gasteiger partial charge in [0.05, 0.1) is 26.4 Å². The highest BCUT2D eigenvalue weighted by Gasteiger charge is 2.30. The van der Waals surface area contributed by atoms with Crippen LogP contribution in [0.1, 0.15) is 484 Å². The van der Waals surface area contributed by atoms with Crippen molar-refractivity contribution in [1.29, 1.82) is 0 Å². The molecule has 0 heterocycles. The van der Waals surface area contributed by atoms with Gasteiger partial charge in [-0.15, -0.1) is 0 Å². The average Bonchev–Trinajstić information content (AvgIpc) is 0.899. The van der Waals surface area contributed by atoms with Crippen molar-refractivity contribution in [2.45, 2.75) is 502 Å². The number of carbonyl (C=O) groups is 4. The zero-order chi connectivity index (χ0) is 79.0. The summed E-state index contributed by atoms with van der Waals surface area (Å²) in [5.41, 5.74) is 0. The van der Waals surface area contributed by atoms with E-state index >= 15 is 0 Å². The Kier molecular flexibility index (Phi) is 80.2. The maximum absolute atomic E-state index is 13.2. The number of ether oxygens (including phenoxy) is 4. The molecule has 0 rings (SSSR count). The maximum Gasteiger partial charge on any atom is 0.472 e. The summed E-state index contributed by atoms with van der Waals surface area (Å²) in [5, 5.41) is 10.7. The number of phosphoric ester groups is 2. The molecule has 0 aliphatic rings. The van der Waals surface area contributed by atoms with Gasteiger partial charge < -0.3 is 33.8 Å². The van der Waals surface area contributed by atoms with Crippen molar-refractivity contribution in [2.75, 3.05) is 39.6 Å². The van der Waals surface area contributed by atoms with Crippen molar-refractivity contribution in [3.63, 3.8) is 0 Å². The van der Waals surface area contributed by atoms with E-state index in [0.29, 0.717) is 25.7 Å². The van der Waals surface area contributed by atoms with E-state index in [2.05, 4.69) is 34.6 Å². The second-order valence-corrected chi connectivity index (χ2v) is 35.4. The van der Waals surface area contributed by atoms with Crippen molar-refractivity contribution < 1.29 is 80.2 Å². The van der Waals surface area contributed by atoms with Gasteiger partial charge in [-0.3, -0.25) is 37.3 Å². The molecule has 108 heavy (non-hydrogen) atoms. The van der Waals surface area contributed by atoms with E-state index in [4.69, 9.17) is 37.0 Å². The second-order valence-electron chi connectivity index (χ2n) is 32.5. The van der Waals surface area contributed by atoms with Crippen molar-refractivity contribution in [3.8, 4) is 0 Å². The fourth-order valence-corrected chi connectivity index (χ4v) is 15.6. The lowest BCUT2D eigenvalue weighted by molar-refractivity contribution is -0.161. The molecule has 0 amide bonds. The number of hydrogen-bond acceptors (Lipinski definition) is 15. The SMILES string of the molecule is CCCCCCCCCCCCCCCCCCCCCCCC(=O)OC[C@H](COP(=O)(O)OC[C@@H](O)COP(=O)(O)OC[C@@H](COC(=O)CCCCCCCCC)OC(=O)CCCCCCCCCCCCCCCCCCC(C)C)OC(=O)CCCCCCCCCCCCCCCCCCCCCCC. The van der Waals surface area contributed by atoms with Gasteiger partial charge in [-0.2, -0.15) is 0 Å². The molecular weight excluding hydrogens is 1400 g/mol. The van der Waals surface area contributed by atoms with Gasteiger partial charge >= 0.3 is 39.5 Å². The molecule has 0 spiro atoms. The van der Waals surface area contributed by atoms with Crippen LogP contribution in [0.4, 0.5) is 0 Å². The first-order valence-electron chi connectivity index (χ1n) is 46.1. The Balaban J connectivity index is 5.14. The normalized spacial score (nSPS) is 13.7. The lowest BCUT2D eigenvalue weighted by Crippen LogP contribution is -2.30. The molecule has 0 saturated heterocycles. The van der Waals surface area contributed by atoms with Crippen LogP contribution < -0.4 is 0 Å². The van der Waals surface area contributed by atoms with E-state index in [-0.39, 0.29) is 25.7 Å². The molecule has 642 valence electrons. The Bertz CT molecular complexity index is 2050. The quantitative estimate of drug-likeness (QED) is 0.0222. The first-order chi connectivity index (χ1) is 52.5. The van der Waals surface area contributed by atoms with E-state index in [0.717, 1.165) is 109 Å². The minimum Gasteiger partial charge on any atom is -0.462 e. The number of aliphatic hydroxyl groups excluding tert-OH is 1. The Morgan fingerprint density at radius 2 is 0.426 bits per heavy atom. The predicted molar refractivity (Wildman–Crippen MR) is 446 cm³/mol. The van der Waals surface area contributed by atoms with Crippen molar-refractivity contribution in [1.82, 2.24) is 0 Å². The third-order valence-corrected chi connectivity index (χ3v) is 22.9. The molecule has 3 N–H and O–H groups in total. The van der Waals surface area contributed by atoms with Gasteiger partial charge in [-0.1, -0.05) is 433 Å². The topological polar surface area (TPSA) is 237 Å². The minimum atomic E-state index is -4.97. The van der Waals surface area contributed by atoms with E-state index < -0.39 is 97.5 Å². The Morgan fingerprint density at radius 3 is 0.630 bits per heavy atom. The number of phosphoric acid groups is 2. The van der Waals surface area contributed by atoms with Crippen molar-refractivity contribution in [3.05, 3.63) is 0 Å². The molecule has 0 aliphatic heterocycles. The van der Waals surface area contributed by atoms with Crippen LogP contribution in [0.15, 0.2) is 0 Å². The standard InChI is InChI=1S/C89H174O17P2/c1-6-9-12-15-18-20-22-24-26-28-30-32-34-36-41-45-49-53-58-63-68-73-87(92)100-79-85(106-89(94)75-70-64-59-54-50-46-42-37-35-33-31-29-27-25-23-21-19-16-13-10-7-2)81-104-108(97,98)102-77-83(90)76-101-107(95,96)103-80-84(78-99-86(91)72-67-62-56-17-14-11-8-3)105-88(93)74-69-65-60-55-51-47-43-39-38-40-44-48-52-57-61-66-71-82(4)5/h82-85,90H,6-81H2,1-5H3,(H,95,96)(H,97,98)/t83-,84+,85+/m0/s1. The molecule has 0 aliphatic carbocycles. The molecule has 0 aromatic heterocycles. The van der Waals surface area contributed by atoms with Gasteiger partial charge in [-0.25, -0.2) is 9.13 Å². The largest absolute Gasteiger partial charge is 0.472 e. The number of unbranched alkanes of at least 4 members (excludes halogenated alkanes) is 61. The van der Waals surface area contributed by atoms with Crippen LogP contribution in [0.5, 0.6) is 0 Å². The van der Waals surface area contributed by atoms with Crippen molar-refractivity contribution >= 4 is 39.5 Å². The third-order valence-electron chi connectivity index (χ3n) is 21.0. The smallest absolute Gasteiger partial charge is 0.462 e. The van der Waals surface area contributed by atoms with Crippen LogP contribution in [-0.2, 0) is 65.4 Å². The summed E-state index contributed by atoms with van der Waals surface area (Å²) in [6, 6.07) is 0. The summed E-state index contributed by atoms with van der Waals surface area (Å²) in [6.07, 6.45) is 76.8. The summed E-state index contributed by atoms with van der Waals surface area (Å²) < 4.78 is 68.9. The highest BCUT2D eigenvalue weighted by Crippen LogP contribution is 2.45. The fourth-order valence-electron chi connectivity index (χ4n) is 14.0. The number of aliphatic hydroxyl groups is 1. The molecular formula is C89H174O17P2. The van der Waals surface area contributed by atoms with Crippen LogP contribution in [-0.4, -0.2) is 96.7 Å². The van der Waals surface area contributed by atoms with E-state index in [1.165, 1.54) is 295 Å². The van der Waals surface area contributed by atoms with Crippen molar-refractivity contribution in [2.24, 2.45) is 5.92 Å². The number of hydrogen-bond donors (Lipinski definition) is 3. The lowest BCUT2D eigenvalue weighted by atomic mass is 10.0. The van der Waals surface area contributed by atoms with E-state index in [1.807, 2.05) is 0 Å². The van der Waals surface area contributed by atoms with Crippen LogP contribution in [0.25, 0.3) is 0 Å². The summed E-state index contributed by atoms with van der Waals surface area (Å²) in [6.45, 7) is 7.36. The molecule has 0 radical (unpaired) electrons. The second kappa shape index (κ2) is 81.6. The van der Waals surface area contributed by atoms with Gasteiger partial charge in [-0.05, 0) is 31.6 Å². The number of carbonyl (C=O) groups excluding carboxylic acids is 4. The number of esters is 4. The van der Waals surface area contributed by atoms with Gasteiger partial charge in [0.15, 0.2) is 12.2 Å². The monoisotopic (exact) mass is 1580 g/mol. The summed E-state index contributed by atoms with van der Waals surface area (Å²) in [7, 11) is -9.92. The Morgan fingerprint density at radius 1 is 0.250 bits per heavy atom. The molecule has 5 atom stereocenters. The molecule has 0 bridgehead atoms. The number of rotatable bonds is 89. The average molecular weight is 1580 g/mol. The Hall–Kier alpha value is -1.94. The van der Waals surface area contributed by atoms with Gasteiger partial charge in [0, 0.05) is 25.7 Å². The lowest BCUT2D eigenvalue weighted by Gasteiger charge is -2.21. The molecule has 0 aromatic carbocycles. The fraction of sp³-hybridized carbons (Fsp3) is 0.955. The summed E-state index contributed by atoms with van der Waals surface area (Å²) in [4.78, 5) is 73.2. The van der Waals surface area contributed by atoms with Gasteiger partial charge in [0.25, 0.3) is 0 Å². The Labute approximate surface area is 664 Å². The summed E-state index contributed by atoms with van der Waals surface area (Å²) in [5.74, 6) is -1.29. The van der Waals surface area contributed by atoms with Crippen LogP contribution in [0.3, 0.4) is 0 Å². The van der Waals surface area contributed by atoms with Crippen LogP contribution in [0, 0.1) is 5.92 Å². The molecule has 0 aromatic rings. The van der Waals surface area contributed by atoms with Crippen LogP contribution in [0.2, 0.25) is 0 Å². The molecule has 2 unspecified atom stereocenters. The third kappa shape index (κ3) is 82.1. The predicted octanol–water partition coefficient (Wildman–Crippen LogP) is 27.5. The molecule has 19 heteroatoms. The minimum absolute atomic E-state index is 0.108.